The van der Waals surface area contributed by atoms with Gasteiger partial charge in [-0.1, -0.05) is 36.4 Å². The summed E-state index contributed by atoms with van der Waals surface area (Å²) in [5.74, 6) is -0.815. The predicted octanol–water partition coefficient (Wildman–Crippen LogP) is 2.79. The molecule has 7 heteroatoms. The molecule has 3 rings (SSSR count). The highest BCUT2D eigenvalue weighted by Crippen LogP contribution is 2.32. The van der Waals surface area contributed by atoms with Gasteiger partial charge in [0, 0.05) is 0 Å². The van der Waals surface area contributed by atoms with Crippen molar-refractivity contribution in [2.75, 3.05) is 0 Å². The van der Waals surface area contributed by atoms with Crippen molar-refractivity contribution in [3.63, 3.8) is 0 Å². The molecule has 2 aromatic heterocycles. The zero-order valence-corrected chi connectivity index (χ0v) is 11.8. The van der Waals surface area contributed by atoms with Crippen LogP contribution in [0.2, 0.25) is 0 Å². The highest BCUT2D eigenvalue weighted by atomic mass is 19.4. The molecule has 3 aromatic rings. The van der Waals surface area contributed by atoms with Crippen LogP contribution in [0.4, 0.5) is 13.2 Å². The molecular formula is C16H13F3N3O+. The third kappa shape index (κ3) is 3.03. The molecule has 1 amide bonds. The molecule has 2 N–H and O–H groups in total. The summed E-state index contributed by atoms with van der Waals surface area (Å²) >= 11 is 0. The second-order valence-corrected chi connectivity index (χ2v) is 5.00. The molecule has 0 aliphatic heterocycles. The minimum absolute atomic E-state index is 0.0168. The third-order valence-corrected chi connectivity index (χ3v) is 3.46. The number of fused-ring (bicyclic) bond motifs is 1. The van der Waals surface area contributed by atoms with Crippen LogP contribution in [0, 0.1) is 0 Å². The van der Waals surface area contributed by atoms with Gasteiger partial charge in [0.1, 0.15) is 0 Å². The minimum Gasteiger partial charge on any atom is -0.333 e. The van der Waals surface area contributed by atoms with Gasteiger partial charge in [0.2, 0.25) is 12.0 Å². The Labute approximate surface area is 129 Å². The number of hydrogen-bond donors (Lipinski definition) is 2. The topological polar surface area (TPSA) is 49.0 Å². The summed E-state index contributed by atoms with van der Waals surface area (Å²) in [5.41, 5.74) is 0.562. The van der Waals surface area contributed by atoms with E-state index >= 15 is 0 Å². The molecule has 0 bridgehead atoms. The standard InChI is InChI=1S/C16H12F3N3O/c17-16(18,19)14(11-6-2-1-3-7-11)21-15(23)13-12-8-4-5-9-22(12)10-20-13/h1-10,14H,(H,21,23)/p+1. The molecule has 0 saturated heterocycles. The zero-order chi connectivity index (χ0) is 16.4. The zero-order valence-electron chi connectivity index (χ0n) is 11.8. The SMILES string of the molecule is O=C(NC(c1ccccc1)C(F)(F)F)c1[nH]c[n+]2ccccc12. The van der Waals surface area contributed by atoms with E-state index in [1.54, 1.807) is 34.9 Å². The van der Waals surface area contributed by atoms with Gasteiger partial charge >= 0.3 is 6.18 Å². The number of alkyl halides is 3. The van der Waals surface area contributed by atoms with E-state index in [1.807, 2.05) is 0 Å². The molecule has 23 heavy (non-hydrogen) atoms. The monoisotopic (exact) mass is 320 g/mol. The van der Waals surface area contributed by atoms with Gasteiger partial charge in [-0.3, -0.25) is 4.79 Å². The van der Waals surface area contributed by atoms with Crippen molar-refractivity contribution in [2.45, 2.75) is 12.2 Å². The lowest BCUT2D eigenvalue weighted by Gasteiger charge is -2.21. The van der Waals surface area contributed by atoms with Crippen LogP contribution < -0.4 is 9.72 Å². The van der Waals surface area contributed by atoms with Crippen LogP contribution >= 0.6 is 0 Å². The van der Waals surface area contributed by atoms with Gasteiger partial charge in [0.15, 0.2) is 11.6 Å². The van der Waals surface area contributed by atoms with Crippen molar-refractivity contribution in [3.8, 4) is 0 Å². The molecule has 118 valence electrons. The van der Waals surface area contributed by atoms with Crippen LogP contribution in [0.1, 0.15) is 22.1 Å². The Morgan fingerprint density at radius 2 is 1.78 bits per heavy atom. The minimum atomic E-state index is -4.59. The van der Waals surface area contributed by atoms with Crippen molar-refractivity contribution in [2.24, 2.45) is 0 Å². The number of aromatic amines is 1. The lowest BCUT2D eigenvalue weighted by atomic mass is 10.1. The Hall–Kier alpha value is -2.83. The first kappa shape index (κ1) is 15.1. The van der Waals surface area contributed by atoms with E-state index in [1.165, 1.54) is 30.6 Å². The number of nitrogens with one attached hydrogen (secondary N) is 2. The van der Waals surface area contributed by atoms with Gasteiger partial charge in [0.05, 0.1) is 6.20 Å². The van der Waals surface area contributed by atoms with Crippen molar-refractivity contribution < 1.29 is 22.4 Å². The average molecular weight is 320 g/mol. The predicted molar refractivity (Wildman–Crippen MR) is 76.7 cm³/mol. The van der Waals surface area contributed by atoms with Crippen LogP contribution in [0.3, 0.4) is 0 Å². The number of benzene rings is 1. The quantitative estimate of drug-likeness (QED) is 0.716. The summed E-state index contributed by atoms with van der Waals surface area (Å²) in [5, 5.41) is 2.06. The number of rotatable bonds is 3. The largest absolute Gasteiger partial charge is 0.412 e. The number of carbonyl (C=O) groups excluding carboxylic acids is 1. The number of imidazole rings is 1. The highest BCUT2D eigenvalue weighted by Gasteiger charge is 2.42. The number of hydrogen-bond acceptors (Lipinski definition) is 1. The molecule has 0 fully saturated rings. The van der Waals surface area contributed by atoms with Crippen molar-refractivity contribution >= 4 is 11.4 Å². The summed E-state index contributed by atoms with van der Waals surface area (Å²) in [7, 11) is 0. The van der Waals surface area contributed by atoms with Crippen LogP contribution in [0.15, 0.2) is 61.1 Å². The van der Waals surface area contributed by atoms with E-state index in [4.69, 9.17) is 0 Å². The third-order valence-electron chi connectivity index (χ3n) is 3.46. The van der Waals surface area contributed by atoms with Crippen LogP contribution in [-0.2, 0) is 0 Å². The van der Waals surface area contributed by atoms with E-state index in [-0.39, 0.29) is 11.3 Å². The van der Waals surface area contributed by atoms with E-state index in [0.717, 1.165) is 0 Å². The maximum atomic E-state index is 13.3. The summed E-state index contributed by atoms with van der Waals surface area (Å²) in [6.45, 7) is 0. The first-order valence-corrected chi connectivity index (χ1v) is 6.87. The van der Waals surface area contributed by atoms with Crippen LogP contribution in [0.25, 0.3) is 5.52 Å². The Morgan fingerprint density at radius 1 is 1.09 bits per heavy atom. The number of carbonyl (C=O) groups is 1. The van der Waals surface area contributed by atoms with Gasteiger partial charge in [0.25, 0.3) is 5.91 Å². The first-order chi connectivity index (χ1) is 11.0. The van der Waals surface area contributed by atoms with Crippen LogP contribution in [-0.4, -0.2) is 17.1 Å². The van der Waals surface area contributed by atoms with E-state index in [2.05, 4.69) is 10.3 Å². The van der Waals surface area contributed by atoms with Gasteiger partial charge in [-0.05, 0) is 17.7 Å². The Bertz CT molecular complexity index is 827. The molecule has 2 heterocycles. The van der Waals surface area contributed by atoms with Crippen molar-refractivity contribution in [1.82, 2.24) is 10.3 Å². The number of amides is 1. The van der Waals surface area contributed by atoms with Crippen LogP contribution in [0.5, 0.6) is 0 Å². The molecule has 0 radical (unpaired) electrons. The lowest BCUT2D eigenvalue weighted by Crippen LogP contribution is -2.38. The van der Waals surface area contributed by atoms with Gasteiger partial charge < -0.3 is 5.32 Å². The Balaban J connectivity index is 1.93. The van der Waals surface area contributed by atoms with Crippen molar-refractivity contribution in [3.05, 3.63) is 72.3 Å². The summed E-state index contributed by atoms with van der Waals surface area (Å²) in [4.78, 5) is 15.0. The molecule has 1 aromatic carbocycles. The van der Waals surface area contributed by atoms with E-state index < -0.39 is 18.1 Å². The van der Waals surface area contributed by atoms with E-state index in [0.29, 0.717) is 5.52 Å². The second kappa shape index (κ2) is 5.75. The van der Waals surface area contributed by atoms with Gasteiger partial charge in [-0.2, -0.15) is 13.2 Å². The fraction of sp³-hybridized carbons (Fsp3) is 0.125. The first-order valence-electron chi connectivity index (χ1n) is 6.87. The average Bonchev–Trinajstić information content (AvgIpc) is 2.96. The fourth-order valence-electron chi connectivity index (χ4n) is 2.37. The molecule has 0 aliphatic rings. The Morgan fingerprint density at radius 3 is 2.48 bits per heavy atom. The number of halogens is 3. The summed E-state index contributed by atoms with van der Waals surface area (Å²) in [6, 6.07) is 10.3. The molecule has 0 saturated carbocycles. The second-order valence-electron chi connectivity index (χ2n) is 5.00. The molecule has 1 atom stereocenters. The molecule has 4 nitrogen and oxygen atoms in total. The fourth-order valence-corrected chi connectivity index (χ4v) is 2.37. The number of pyridine rings is 1. The Kier molecular flexibility index (Phi) is 3.77. The molecule has 0 aliphatic carbocycles. The van der Waals surface area contributed by atoms with Crippen molar-refractivity contribution in [1.29, 1.82) is 0 Å². The van der Waals surface area contributed by atoms with Gasteiger partial charge in [-0.25, -0.2) is 9.38 Å². The normalized spacial score (nSPS) is 13.0. The van der Waals surface area contributed by atoms with Gasteiger partial charge in [-0.15, -0.1) is 0 Å². The highest BCUT2D eigenvalue weighted by molar-refractivity contribution is 5.98. The maximum absolute atomic E-state index is 13.3. The lowest BCUT2D eigenvalue weighted by molar-refractivity contribution is -0.511. The molecule has 1 unspecified atom stereocenters. The smallest absolute Gasteiger partial charge is 0.333 e. The van der Waals surface area contributed by atoms with E-state index in [9.17, 15) is 18.0 Å². The number of nitrogens with zero attached hydrogens (tertiary/aromatic N) is 1. The summed E-state index contributed by atoms with van der Waals surface area (Å²) in [6.07, 6.45) is -1.39. The number of aromatic nitrogens is 2. The maximum Gasteiger partial charge on any atom is 0.412 e. The summed E-state index contributed by atoms with van der Waals surface area (Å²) < 4.78 is 41.5. The molecule has 0 spiro atoms. The molecular weight excluding hydrogens is 307 g/mol. The number of H-pyrrole nitrogens is 1.